The molecule has 0 unspecified atom stereocenters. The van der Waals surface area contributed by atoms with Crippen molar-refractivity contribution in [2.45, 2.75) is 12.1 Å². The first kappa shape index (κ1) is 22.7. The van der Waals surface area contributed by atoms with Gasteiger partial charge in [-0.2, -0.15) is 0 Å². The molecular weight excluding hydrogens is 466 g/mol. The lowest BCUT2D eigenvalue weighted by molar-refractivity contribution is -0.113. The van der Waals surface area contributed by atoms with Crippen LogP contribution in [0.15, 0.2) is 58.5 Å². The summed E-state index contributed by atoms with van der Waals surface area (Å²) in [5.41, 5.74) is 1.40. The van der Waals surface area contributed by atoms with Crippen molar-refractivity contribution < 1.29 is 14.3 Å². The summed E-state index contributed by atoms with van der Waals surface area (Å²) >= 11 is 7.28. The highest BCUT2D eigenvalue weighted by Gasteiger charge is 2.14. The van der Waals surface area contributed by atoms with E-state index in [0.717, 1.165) is 11.3 Å². The van der Waals surface area contributed by atoms with Gasteiger partial charge in [0, 0.05) is 17.3 Å². The van der Waals surface area contributed by atoms with E-state index in [4.69, 9.17) is 21.1 Å². The summed E-state index contributed by atoms with van der Waals surface area (Å²) in [5, 5.41) is 6.26. The van der Waals surface area contributed by atoms with Crippen LogP contribution in [0.5, 0.6) is 11.5 Å². The van der Waals surface area contributed by atoms with E-state index in [1.54, 1.807) is 18.2 Å². The highest BCUT2D eigenvalue weighted by Crippen LogP contribution is 2.28. The van der Waals surface area contributed by atoms with Gasteiger partial charge < -0.3 is 14.8 Å². The summed E-state index contributed by atoms with van der Waals surface area (Å²) in [6.45, 7) is 2.48. The van der Waals surface area contributed by atoms with Crippen LogP contribution < -0.4 is 20.3 Å². The van der Waals surface area contributed by atoms with Crippen molar-refractivity contribution in [1.82, 2.24) is 19.6 Å². The van der Waals surface area contributed by atoms with Gasteiger partial charge in [-0.05, 0) is 49.4 Å². The fourth-order valence-corrected chi connectivity index (χ4v) is 4.06. The van der Waals surface area contributed by atoms with Crippen molar-refractivity contribution in [3.63, 3.8) is 0 Å². The third-order valence-electron chi connectivity index (χ3n) is 4.52. The molecule has 9 nitrogen and oxygen atoms in total. The van der Waals surface area contributed by atoms with E-state index in [9.17, 15) is 9.59 Å². The average Bonchev–Trinajstić information content (AvgIpc) is 3.18. The molecule has 2 aromatic heterocycles. The minimum atomic E-state index is -0.313. The molecule has 0 aliphatic heterocycles. The Balaban J connectivity index is 1.54. The van der Waals surface area contributed by atoms with Crippen molar-refractivity contribution in [2.24, 2.45) is 0 Å². The van der Waals surface area contributed by atoms with Gasteiger partial charge in [-0.3, -0.25) is 14.7 Å². The van der Waals surface area contributed by atoms with E-state index in [2.05, 4.69) is 20.4 Å². The van der Waals surface area contributed by atoms with Gasteiger partial charge in [0.25, 0.3) is 5.56 Å². The van der Waals surface area contributed by atoms with E-state index in [1.165, 1.54) is 29.5 Å². The second kappa shape index (κ2) is 9.97. The number of amides is 1. The zero-order valence-corrected chi connectivity index (χ0v) is 19.4. The summed E-state index contributed by atoms with van der Waals surface area (Å²) in [5.74, 6) is 1.49. The number of benzene rings is 2. The predicted molar refractivity (Wildman–Crippen MR) is 128 cm³/mol. The van der Waals surface area contributed by atoms with Gasteiger partial charge in [-0.15, -0.1) is 0 Å². The number of ether oxygens (including phenoxy) is 2. The van der Waals surface area contributed by atoms with Crippen LogP contribution in [0.3, 0.4) is 0 Å². The molecular formula is C22H20ClN5O4S. The van der Waals surface area contributed by atoms with E-state index in [1.807, 2.05) is 31.2 Å². The minimum Gasteiger partial charge on any atom is -0.495 e. The van der Waals surface area contributed by atoms with Crippen LogP contribution in [0, 0.1) is 0 Å². The maximum Gasteiger partial charge on any atom is 0.266 e. The highest BCUT2D eigenvalue weighted by molar-refractivity contribution is 7.99. The molecule has 0 saturated heterocycles. The van der Waals surface area contributed by atoms with Gasteiger partial charge >= 0.3 is 0 Å². The normalized spacial score (nSPS) is 10.9. The Bertz CT molecular complexity index is 1350. The van der Waals surface area contributed by atoms with Gasteiger partial charge in [0.15, 0.2) is 16.6 Å². The summed E-state index contributed by atoms with van der Waals surface area (Å²) in [6.07, 6.45) is 0. The molecule has 170 valence electrons. The zero-order chi connectivity index (χ0) is 23.4. The molecule has 4 aromatic rings. The number of nitrogens with zero attached hydrogens (tertiary/aromatic N) is 3. The third-order valence-corrected chi connectivity index (χ3v) is 5.75. The Morgan fingerprint density at radius 2 is 1.97 bits per heavy atom. The van der Waals surface area contributed by atoms with Crippen LogP contribution in [0.4, 0.5) is 5.69 Å². The Morgan fingerprint density at radius 3 is 2.67 bits per heavy atom. The first-order valence-electron chi connectivity index (χ1n) is 9.96. The van der Waals surface area contributed by atoms with Gasteiger partial charge in [-0.25, -0.2) is 14.5 Å². The number of H-pyrrole nitrogens is 1. The SMILES string of the molecule is CCOc1ccc(-c2nc(SCC(=O)Nc3ccc(OC)c(Cl)c3)n3[nH]c(=O)cc3n2)cc1. The molecule has 2 N–H and O–H groups in total. The van der Waals surface area contributed by atoms with Gasteiger partial charge in [0.05, 0.1) is 24.5 Å². The monoisotopic (exact) mass is 485 g/mol. The molecule has 0 radical (unpaired) electrons. The molecule has 33 heavy (non-hydrogen) atoms. The van der Waals surface area contributed by atoms with Crippen LogP contribution in [0.25, 0.3) is 17.0 Å². The summed E-state index contributed by atoms with van der Waals surface area (Å²) in [6, 6.07) is 13.7. The number of thioether (sulfide) groups is 1. The number of hydrogen-bond donors (Lipinski definition) is 2. The first-order chi connectivity index (χ1) is 16.0. The number of nitrogens with one attached hydrogen (secondary N) is 2. The second-order valence-electron chi connectivity index (χ2n) is 6.79. The number of rotatable bonds is 8. The molecule has 2 heterocycles. The van der Waals surface area contributed by atoms with Crippen molar-refractivity contribution in [1.29, 1.82) is 0 Å². The lowest BCUT2D eigenvalue weighted by atomic mass is 10.2. The smallest absolute Gasteiger partial charge is 0.266 e. The van der Waals surface area contributed by atoms with Crippen molar-refractivity contribution in [2.75, 3.05) is 24.8 Å². The largest absolute Gasteiger partial charge is 0.495 e. The zero-order valence-electron chi connectivity index (χ0n) is 17.8. The number of halogens is 1. The molecule has 0 fully saturated rings. The topological polar surface area (TPSA) is 111 Å². The van der Waals surface area contributed by atoms with E-state index < -0.39 is 0 Å². The van der Waals surface area contributed by atoms with Crippen molar-refractivity contribution >= 4 is 40.6 Å². The van der Waals surface area contributed by atoms with E-state index in [0.29, 0.717) is 39.7 Å². The maximum absolute atomic E-state index is 12.5. The average molecular weight is 486 g/mol. The third kappa shape index (κ3) is 5.29. The number of anilines is 1. The Kier molecular flexibility index (Phi) is 6.85. The number of aromatic amines is 1. The van der Waals surface area contributed by atoms with Crippen LogP contribution in [-0.2, 0) is 4.79 Å². The quantitative estimate of drug-likeness (QED) is 0.364. The molecule has 0 bridgehead atoms. The molecule has 2 aromatic carbocycles. The van der Waals surface area contributed by atoms with E-state index in [-0.39, 0.29) is 17.2 Å². The maximum atomic E-state index is 12.5. The van der Waals surface area contributed by atoms with Gasteiger partial charge in [0.1, 0.15) is 11.5 Å². The number of aromatic nitrogens is 4. The van der Waals surface area contributed by atoms with Crippen molar-refractivity contribution in [3.8, 4) is 22.9 Å². The van der Waals surface area contributed by atoms with Crippen LogP contribution in [0.2, 0.25) is 5.02 Å². The molecule has 0 spiro atoms. The lowest BCUT2D eigenvalue weighted by Gasteiger charge is -2.09. The Labute approximate surface area is 198 Å². The number of fused-ring (bicyclic) bond motifs is 1. The standard InChI is InChI=1S/C22H20ClN5O4S/c1-3-32-15-7-4-13(5-8-15)21-25-18-11-19(29)27-28(18)22(26-21)33-12-20(30)24-14-6-9-17(31-2)16(23)10-14/h4-11H,3,12H2,1-2H3,(H,24,30)(H,27,29). The molecule has 11 heteroatoms. The summed E-state index contributed by atoms with van der Waals surface area (Å²) in [4.78, 5) is 33.4. The van der Waals surface area contributed by atoms with Gasteiger partial charge in [0.2, 0.25) is 5.91 Å². The van der Waals surface area contributed by atoms with Crippen LogP contribution in [0.1, 0.15) is 6.92 Å². The molecule has 0 atom stereocenters. The second-order valence-corrected chi connectivity index (χ2v) is 8.14. The first-order valence-corrected chi connectivity index (χ1v) is 11.3. The fourth-order valence-electron chi connectivity index (χ4n) is 3.05. The molecule has 1 amide bonds. The molecule has 4 rings (SSSR count). The van der Waals surface area contributed by atoms with Crippen LogP contribution in [-0.4, -0.2) is 45.0 Å². The molecule has 0 saturated carbocycles. The number of carbonyl (C=O) groups is 1. The minimum absolute atomic E-state index is 0.0543. The lowest BCUT2D eigenvalue weighted by Crippen LogP contribution is -2.15. The Hall–Kier alpha value is -3.50. The molecule has 0 aliphatic rings. The van der Waals surface area contributed by atoms with Gasteiger partial charge in [-0.1, -0.05) is 23.4 Å². The van der Waals surface area contributed by atoms with E-state index >= 15 is 0 Å². The number of hydrogen-bond acceptors (Lipinski definition) is 7. The fraction of sp³-hybridized carbons (Fsp3) is 0.182. The summed E-state index contributed by atoms with van der Waals surface area (Å²) < 4.78 is 12.1. The Morgan fingerprint density at radius 1 is 1.18 bits per heavy atom. The number of carbonyl (C=O) groups excluding carboxylic acids is 1. The highest BCUT2D eigenvalue weighted by atomic mass is 35.5. The number of methoxy groups -OCH3 is 1. The summed E-state index contributed by atoms with van der Waals surface area (Å²) in [7, 11) is 1.52. The van der Waals surface area contributed by atoms with Crippen LogP contribution >= 0.6 is 23.4 Å². The molecule has 0 aliphatic carbocycles. The predicted octanol–water partition coefficient (Wildman–Crippen LogP) is 3.88. The van der Waals surface area contributed by atoms with Crippen molar-refractivity contribution in [3.05, 3.63) is 63.9 Å².